The van der Waals surface area contributed by atoms with Gasteiger partial charge in [-0.05, 0) is 19.3 Å². The zero-order valence-electron chi connectivity index (χ0n) is 16.5. The Labute approximate surface area is 154 Å². The van der Waals surface area contributed by atoms with Gasteiger partial charge in [-0.25, -0.2) is 0 Å². The third kappa shape index (κ3) is 16.6. The molecule has 0 aliphatic carbocycles. The van der Waals surface area contributed by atoms with Crippen LogP contribution >= 0.6 is 0 Å². The average molecular weight is 360 g/mol. The first kappa shape index (κ1) is 23.8. The highest BCUT2D eigenvalue weighted by atomic mass is 32.2. The van der Waals surface area contributed by atoms with Gasteiger partial charge in [0.2, 0.25) is 5.91 Å². The molecule has 4 heteroatoms. The first-order chi connectivity index (χ1) is 11.6. The maximum Gasteiger partial charge on any atom is 0.222 e. The van der Waals surface area contributed by atoms with Crippen molar-refractivity contribution in [2.24, 2.45) is 0 Å². The molecule has 0 aromatic carbocycles. The van der Waals surface area contributed by atoms with Crippen LogP contribution in [-0.2, 0) is 16.0 Å². The lowest BCUT2D eigenvalue weighted by Gasteiger charge is -2.20. The summed E-state index contributed by atoms with van der Waals surface area (Å²) in [4.78, 5) is 13.9. The zero-order chi connectivity index (χ0) is 18.0. The van der Waals surface area contributed by atoms with Gasteiger partial charge >= 0.3 is 0 Å². The van der Waals surface area contributed by atoms with Gasteiger partial charge in [0.05, 0.1) is 12.5 Å². The van der Waals surface area contributed by atoms with Crippen LogP contribution in [0.25, 0.3) is 0 Å². The van der Waals surface area contributed by atoms with E-state index in [1.165, 1.54) is 77.0 Å². The number of carbonyl (C=O) groups is 1. The van der Waals surface area contributed by atoms with Crippen LogP contribution in [0.2, 0.25) is 0 Å². The monoisotopic (exact) mass is 359 g/mol. The molecule has 0 bridgehead atoms. The second-order valence-electron chi connectivity index (χ2n) is 7.12. The molecule has 1 aliphatic rings. The molecule has 1 heterocycles. The summed E-state index contributed by atoms with van der Waals surface area (Å²) in [5, 5.41) is 0. The van der Waals surface area contributed by atoms with E-state index in [0.717, 1.165) is 25.9 Å². The fraction of sp³-hybridized carbons (Fsp3) is 0.950. The van der Waals surface area contributed by atoms with Crippen LogP contribution in [0.1, 0.15) is 96.8 Å². The van der Waals surface area contributed by atoms with Crippen molar-refractivity contribution in [2.75, 3.05) is 25.6 Å². The predicted octanol–water partition coefficient (Wildman–Crippen LogP) is 5.30. The minimum Gasteiger partial charge on any atom is -0.617 e. The highest BCUT2D eigenvalue weighted by molar-refractivity contribution is 7.89. The van der Waals surface area contributed by atoms with E-state index >= 15 is 0 Å². The Morgan fingerprint density at radius 1 is 0.875 bits per heavy atom. The van der Waals surface area contributed by atoms with Gasteiger partial charge in [0.1, 0.15) is 0 Å². The SMILES string of the molecule is CCCCCCCCCCCCN1CCCCCC1=O.C[S+](C)[O-]. The Morgan fingerprint density at radius 2 is 1.38 bits per heavy atom. The predicted molar refractivity (Wildman–Crippen MR) is 107 cm³/mol. The summed E-state index contributed by atoms with van der Waals surface area (Å²) in [6.45, 7) is 4.29. The van der Waals surface area contributed by atoms with Crippen LogP contribution < -0.4 is 0 Å². The first-order valence-electron chi connectivity index (χ1n) is 10.1. The van der Waals surface area contributed by atoms with Gasteiger partial charge in [0.25, 0.3) is 0 Å². The molecule has 1 aliphatic heterocycles. The van der Waals surface area contributed by atoms with Gasteiger partial charge in [-0.1, -0.05) is 82.3 Å². The Morgan fingerprint density at radius 3 is 1.92 bits per heavy atom. The van der Waals surface area contributed by atoms with E-state index in [1.807, 2.05) is 0 Å². The molecule has 24 heavy (non-hydrogen) atoms. The van der Waals surface area contributed by atoms with Crippen molar-refractivity contribution >= 4 is 17.1 Å². The summed E-state index contributed by atoms with van der Waals surface area (Å²) in [6, 6.07) is 0. The molecule has 1 amide bonds. The highest BCUT2D eigenvalue weighted by Gasteiger charge is 2.15. The zero-order valence-corrected chi connectivity index (χ0v) is 17.3. The van der Waals surface area contributed by atoms with E-state index in [4.69, 9.17) is 0 Å². The molecule has 0 atom stereocenters. The quantitative estimate of drug-likeness (QED) is 0.371. The Kier molecular flexibility index (Phi) is 17.4. The molecule has 0 spiro atoms. The van der Waals surface area contributed by atoms with Crippen molar-refractivity contribution in [1.29, 1.82) is 0 Å². The summed E-state index contributed by atoms with van der Waals surface area (Å²) in [7, 11) is 0. The minimum absolute atomic E-state index is 0.401. The Hall–Kier alpha value is -0.220. The standard InChI is InChI=1S/C18H35NO.C2H6OS/c1-2-3-4-5-6-7-8-9-10-13-16-19-17-14-11-12-15-18(19)20;1-4(2)3/h2-17H2,1H3;1-2H3. The molecule has 144 valence electrons. The van der Waals surface area contributed by atoms with Crippen LogP contribution in [0, 0.1) is 0 Å². The van der Waals surface area contributed by atoms with E-state index in [0.29, 0.717) is 5.91 Å². The lowest BCUT2D eigenvalue weighted by Crippen LogP contribution is -2.31. The fourth-order valence-corrected chi connectivity index (χ4v) is 3.07. The van der Waals surface area contributed by atoms with Crippen LogP contribution in [0.15, 0.2) is 0 Å². The largest absolute Gasteiger partial charge is 0.617 e. The number of nitrogens with zero attached hydrogens (tertiary/aromatic N) is 1. The van der Waals surface area contributed by atoms with E-state index in [-0.39, 0.29) is 0 Å². The van der Waals surface area contributed by atoms with E-state index in [2.05, 4.69) is 11.8 Å². The van der Waals surface area contributed by atoms with Gasteiger partial charge < -0.3 is 9.45 Å². The van der Waals surface area contributed by atoms with Crippen molar-refractivity contribution in [3.63, 3.8) is 0 Å². The fourth-order valence-electron chi connectivity index (χ4n) is 3.07. The molecule has 1 saturated heterocycles. The smallest absolute Gasteiger partial charge is 0.222 e. The van der Waals surface area contributed by atoms with Crippen LogP contribution in [0.4, 0.5) is 0 Å². The summed E-state index contributed by atoms with van der Waals surface area (Å²) in [6.07, 6.45) is 21.3. The Bertz CT molecular complexity index is 282. The molecule has 0 N–H and O–H groups in total. The molecule has 3 nitrogen and oxygen atoms in total. The summed E-state index contributed by atoms with van der Waals surface area (Å²) in [5.41, 5.74) is 0. The summed E-state index contributed by atoms with van der Waals surface area (Å²) < 4.78 is 9.56. The van der Waals surface area contributed by atoms with Gasteiger partial charge in [-0.2, -0.15) is 0 Å². The van der Waals surface area contributed by atoms with Crippen LogP contribution in [0.5, 0.6) is 0 Å². The topological polar surface area (TPSA) is 43.4 Å². The number of amides is 1. The second kappa shape index (κ2) is 17.6. The molecule has 0 radical (unpaired) electrons. The number of rotatable bonds is 11. The van der Waals surface area contributed by atoms with Crippen molar-refractivity contribution in [2.45, 2.75) is 96.8 Å². The highest BCUT2D eigenvalue weighted by Crippen LogP contribution is 2.14. The lowest BCUT2D eigenvalue weighted by atomic mass is 10.1. The maximum absolute atomic E-state index is 11.8. The van der Waals surface area contributed by atoms with E-state index in [1.54, 1.807) is 12.5 Å². The first-order valence-corrected chi connectivity index (χ1v) is 12.1. The van der Waals surface area contributed by atoms with Gasteiger partial charge in [-0.3, -0.25) is 4.79 Å². The minimum atomic E-state index is -0.611. The molecule has 1 rings (SSSR count). The number of hydrogen-bond acceptors (Lipinski definition) is 2. The molecule has 1 fully saturated rings. The van der Waals surface area contributed by atoms with Gasteiger partial charge in [-0.15, -0.1) is 0 Å². The maximum atomic E-state index is 11.8. The average Bonchev–Trinajstić information content (AvgIpc) is 2.73. The van der Waals surface area contributed by atoms with E-state index in [9.17, 15) is 9.35 Å². The van der Waals surface area contributed by atoms with Gasteiger partial charge in [0.15, 0.2) is 0 Å². The number of unbranched alkanes of at least 4 members (excludes halogenated alkanes) is 9. The molecule has 0 saturated carbocycles. The van der Waals surface area contributed by atoms with Crippen molar-refractivity contribution in [1.82, 2.24) is 4.90 Å². The third-order valence-electron chi connectivity index (χ3n) is 4.45. The molecular weight excluding hydrogens is 318 g/mol. The number of hydrogen-bond donors (Lipinski definition) is 0. The molecule has 0 aromatic heterocycles. The lowest BCUT2D eigenvalue weighted by molar-refractivity contribution is -0.130. The molecular formula is C20H41NO2S. The Balaban J connectivity index is 0.00000118. The number of likely N-dealkylation sites (tertiary alicyclic amines) is 1. The van der Waals surface area contributed by atoms with Crippen molar-refractivity contribution in [3.05, 3.63) is 0 Å². The van der Waals surface area contributed by atoms with Crippen LogP contribution in [0.3, 0.4) is 0 Å². The number of carbonyl (C=O) groups excluding carboxylic acids is 1. The summed E-state index contributed by atoms with van der Waals surface area (Å²) in [5.74, 6) is 0.401. The normalized spacial score (nSPS) is 15.2. The third-order valence-corrected chi connectivity index (χ3v) is 4.45. The second-order valence-corrected chi connectivity index (χ2v) is 8.60. The molecule has 0 aromatic rings. The summed E-state index contributed by atoms with van der Waals surface area (Å²) >= 11 is -0.611. The van der Waals surface area contributed by atoms with Crippen molar-refractivity contribution < 1.29 is 9.35 Å². The van der Waals surface area contributed by atoms with Crippen LogP contribution in [-0.4, -0.2) is 41.0 Å². The van der Waals surface area contributed by atoms with Gasteiger partial charge in [0, 0.05) is 19.5 Å². The molecule has 0 unspecified atom stereocenters. The van der Waals surface area contributed by atoms with E-state index < -0.39 is 11.2 Å². The van der Waals surface area contributed by atoms with Crippen molar-refractivity contribution in [3.8, 4) is 0 Å².